The topological polar surface area (TPSA) is 180 Å². The van der Waals surface area contributed by atoms with Gasteiger partial charge < -0.3 is 44.8 Å². The van der Waals surface area contributed by atoms with E-state index >= 15 is 0 Å². The van der Waals surface area contributed by atoms with E-state index in [2.05, 4.69) is 20.9 Å². The van der Waals surface area contributed by atoms with Gasteiger partial charge in [0, 0.05) is 54.2 Å². The highest BCUT2D eigenvalue weighted by molar-refractivity contribution is 6.00. The van der Waals surface area contributed by atoms with Gasteiger partial charge in [-0.3, -0.25) is 14.4 Å². The SMILES string of the molecule is CCCN(Cc1nc(-c2ccc(-c3cc4cc(NC(=O)[C@@H]5CCCN5C(=O)[C@H](NC(=O)OC(C)C)c5ccccc5)ccc4[nH]3)cc2)cn1C)C(=O)[C@H](NC(=O)OC(C)C)c1ccccc1. The van der Waals surface area contributed by atoms with E-state index in [1.807, 2.05) is 110 Å². The number of nitrogens with one attached hydrogen (secondary N) is 4. The molecule has 66 heavy (non-hydrogen) atoms. The summed E-state index contributed by atoms with van der Waals surface area (Å²) in [6.07, 6.45) is 1.71. The number of carbonyl (C=O) groups excluding carboxylic acids is 5. The van der Waals surface area contributed by atoms with Gasteiger partial charge in [-0.1, -0.05) is 91.9 Å². The minimum atomic E-state index is -1.01. The molecule has 4 aromatic carbocycles. The lowest BCUT2D eigenvalue weighted by Crippen LogP contribution is -2.48. The van der Waals surface area contributed by atoms with Crippen LogP contribution in [0.25, 0.3) is 33.4 Å². The third-order valence-corrected chi connectivity index (χ3v) is 11.3. The van der Waals surface area contributed by atoms with Gasteiger partial charge in [0.05, 0.1) is 24.4 Å². The van der Waals surface area contributed by atoms with Crippen LogP contribution >= 0.6 is 0 Å². The summed E-state index contributed by atoms with van der Waals surface area (Å²) in [5.41, 5.74) is 6.22. The third-order valence-electron chi connectivity index (χ3n) is 11.3. The Morgan fingerprint density at radius 1 is 0.788 bits per heavy atom. The molecule has 1 saturated heterocycles. The number of alkyl carbamates (subject to hydrolysis) is 2. The first-order valence-electron chi connectivity index (χ1n) is 22.5. The van der Waals surface area contributed by atoms with Gasteiger partial charge in [-0.2, -0.15) is 0 Å². The van der Waals surface area contributed by atoms with E-state index < -0.39 is 30.3 Å². The molecule has 0 unspecified atom stereocenters. The molecule has 0 radical (unpaired) electrons. The van der Waals surface area contributed by atoms with Gasteiger partial charge in [0.15, 0.2) is 0 Å². The van der Waals surface area contributed by atoms with E-state index in [0.29, 0.717) is 55.0 Å². The second-order valence-corrected chi connectivity index (χ2v) is 17.0. The summed E-state index contributed by atoms with van der Waals surface area (Å²) in [7, 11) is 1.90. The molecule has 5 amide bonds. The number of fused-ring (bicyclic) bond motifs is 1. The van der Waals surface area contributed by atoms with Crippen molar-refractivity contribution in [3.8, 4) is 22.5 Å². The van der Waals surface area contributed by atoms with Crippen LogP contribution in [0.4, 0.5) is 15.3 Å². The van der Waals surface area contributed by atoms with Crippen LogP contribution in [0.15, 0.2) is 115 Å². The fourth-order valence-electron chi connectivity index (χ4n) is 8.16. The van der Waals surface area contributed by atoms with Gasteiger partial charge in [-0.25, -0.2) is 14.6 Å². The molecule has 6 aromatic rings. The van der Waals surface area contributed by atoms with E-state index in [9.17, 15) is 24.0 Å². The average molecular weight is 895 g/mol. The summed E-state index contributed by atoms with van der Waals surface area (Å²) in [6, 6.07) is 31.1. The van der Waals surface area contributed by atoms with Gasteiger partial charge in [0.1, 0.15) is 23.9 Å². The molecule has 3 heterocycles. The van der Waals surface area contributed by atoms with Crippen molar-refractivity contribution in [1.82, 2.24) is 35.0 Å². The fourth-order valence-corrected chi connectivity index (χ4v) is 8.16. The van der Waals surface area contributed by atoms with E-state index in [1.54, 1.807) is 61.8 Å². The molecule has 15 nitrogen and oxygen atoms in total. The lowest BCUT2D eigenvalue weighted by molar-refractivity contribution is -0.138. The number of aryl methyl sites for hydroxylation is 1. The van der Waals surface area contributed by atoms with Gasteiger partial charge >= 0.3 is 12.2 Å². The van der Waals surface area contributed by atoms with Crippen LogP contribution in [0.1, 0.15) is 82.9 Å². The summed E-state index contributed by atoms with van der Waals surface area (Å²) in [6.45, 7) is 10.1. The molecule has 0 spiro atoms. The lowest BCUT2D eigenvalue weighted by Gasteiger charge is -2.29. The molecule has 15 heteroatoms. The Bertz CT molecular complexity index is 2640. The highest BCUT2D eigenvalue weighted by Gasteiger charge is 2.39. The molecule has 1 aliphatic heterocycles. The molecule has 0 saturated carbocycles. The number of aromatic amines is 1. The molecule has 0 aliphatic carbocycles. The molecule has 1 fully saturated rings. The van der Waals surface area contributed by atoms with Gasteiger partial charge in [-0.05, 0) is 87.9 Å². The number of nitrogens with zero attached hydrogens (tertiary/aromatic N) is 4. The number of H-pyrrole nitrogens is 1. The maximum absolute atomic E-state index is 14.1. The van der Waals surface area contributed by atoms with Gasteiger partial charge in [-0.15, -0.1) is 0 Å². The second kappa shape index (κ2) is 21.0. The first-order chi connectivity index (χ1) is 31.8. The zero-order valence-corrected chi connectivity index (χ0v) is 38.2. The Kier molecular flexibility index (Phi) is 14.9. The van der Waals surface area contributed by atoms with Crippen LogP contribution in [-0.4, -0.2) is 85.6 Å². The van der Waals surface area contributed by atoms with Crippen molar-refractivity contribution in [3.63, 3.8) is 0 Å². The molecule has 344 valence electrons. The van der Waals surface area contributed by atoms with Crippen LogP contribution in [0, 0.1) is 0 Å². The first-order valence-corrected chi connectivity index (χ1v) is 22.5. The van der Waals surface area contributed by atoms with Crippen molar-refractivity contribution in [1.29, 1.82) is 0 Å². The Balaban J connectivity index is 1.02. The van der Waals surface area contributed by atoms with E-state index in [1.165, 1.54) is 0 Å². The molecular weight excluding hydrogens is 837 g/mol. The largest absolute Gasteiger partial charge is 0.447 e. The minimum absolute atomic E-state index is 0.239. The van der Waals surface area contributed by atoms with Crippen molar-refractivity contribution < 1.29 is 33.4 Å². The zero-order valence-electron chi connectivity index (χ0n) is 38.2. The normalized spacial score (nSPS) is 14.5. The predicted molar refractivity (Wildman–Crippen MR) is 253 cm³/mol. The summed E-state index contributed by atoms with van der Waals surface area (Å²) >= 11 is 0. The Morgan fingerprint density at radius 3 is 2.02 bits per heavy atom. The van der Waals surface area contributed by atoms with Crippen molar-refractivity contribution in [2.24, 2.45) is 7.05 Å². The van der Waals surface area contributed by atoms with Crippen LogP contribution < -0.4 is 16.0 Å². The van der Waals surface area contributed by atoms with E-state index in [4.69, 9.17) is 14.5 Å². The van der Waals surface area contributed by atoms with Crippen molar-refractivity contribution in [3.05, 3.63) is 132 Å². The fraction of sp³-hybridized carbons (Fsp3) is 0.333. The molecule has 1 aliphatic rings. The number of carbonyl (C=O) groups is 5. The number of benzene rings is 4. The number of hydrogen-bond donors (Lipinski definition) is 4. The van der Waals surface area contributed by atoms with Crippen LogP contribution in [0.5, 0.6) is 0 Å². The standard InChI is InChI=1S/C51H58N8O7/c1-7-26-58(48(61)45(36-15-10-8-11-16-36)55-50(63)65-32(2)3)31-44-54-42(30-57(44)6)35-22-20-34(21-23-35)41-29-38-28-39(24-25-40(38)53-41)52-47(60)43-19-14-27-59(43)49(62)46(37-17-12-9-13-18-37)56-51(64)66-33(4)5/h8-13,15-18,20-25,28-30,32-33,43,45-46,53H,7,14,19,26-27,31H2,1-6H3,(H,52,60)(H,55,63)(H,56,64)/t43-,45+,46+/m0/s1. The Morgan fingerprint density at radius 2 is 1.39 bits per heavy atom. The molecule has 3 atom stereocenters. The zero-order chi connectivity index (χ0) is 46.9. The van der Waals surface area contributed by atoms with Crippen LogP contribution in [0.2, 0.25) is 0 Å². The Labute approximate surface area is 384 Å². The number of rotatable bonds is 16. The van der Waals surface area contributed by atoms with E-state index in [0.717, 1.165) is 33.4 Å². The summed E-state index contributed by atoms with van der Waals surface area (Å²) < 4.78 is 12.5. The van der Waals surface area contributed by atoms with Gasteiger partial charge in [0.25, 0.3) is 5.91 Å². The minimum Gasteiger partial charge on any atom is -0.447 e. The molecule has 0 bridgehead atoms. The molecule has 7 rings (SSSR count). The quantitative estimate of drug-likeness (QED) is 0.0745. The summed E-state index contributed by atoms with van der Waals surface area (Å²) in [4.78, 5) is 78.9. The highest BCUT2D eigenvalue weighted by Crippen LogP contribution is 2.30. The van der Waals surface area contributed by atoms with Crippen molar-refractivity contribution in [2.45, 2.75) is 90.8 Å². The predicted octanol–water partition coefficient (Wildman–Crippen LogP) is 8.66. The number of aromatic nitrogens is 3. The monoisotopic (exact) mass is 894 g/mol. The number of anilines is 1. The number of likely N-dealkylation sites (tertiary alicyclic amines) is 1. The second-order valence-electron chi connectivity index (χ2n) is 17.0. The van der Waals surface area contributed by atoms with Crippen molar-refractivity contribution in [2.75, 3.05) is 18.4 Å². The average Bonchev–Trinajstić information content (AvgIpc) is 4.06. The third kappa shape index (κ3) is 11.3. The van der Waals surface area contributed by atoms with Crippen LogP contribution in [-0.2, 0) is 37.4 Å². The smallest absolute Gasteiger partial charge is 0.408 e. The van der Waals surface area contributed by atoms with Gasteiger partial charge in [0.2, 0.25) is 11.8 Å². The molecule has 2 aromatic heterocycles. The van der Waals surface area contributed by atoms with Crippen LogP contribution in [0.3, 0.4) is 0 Å². The lowest BCUT2D eigenvalue weighted by atomic mass is 10.0. The summed E-state index contributed by atoms with van der Waals surface area (Å²) in [5, 5.41) is 9.41. The summed E-state index contributed by atoms with van der Waals surface area (Å²) in [5.74, 6) is -0.247. The number of ether oxygens (including phenoxy) is 2. The van der Waals surface area contributed by atoms with E-state index in [-0.39, 0.29) is 36.5 Å². The number of hydrogen-bond acceptors (Lipinski definition) is 8. The first kappa shape index (κ1) is 46.6. The number of amides is 5. The Hall–Kier alpha value is -7.42. The molecule has 4 N–H and O–H groups in total. The maximum atomic E-state index is 14.1. The molecular formula is C51H58N8O7. The maximum Gasteiger partial charge on any atom is 0.408 e. The van der Waals surface area contributed by atoms with Crippen molar-refractivity contribution >= 4 is 46.5 Å². The number of imidazole rings is 1. The highest BCUT2D eigenvalue weighted by atomic mass is 16.6.